The molecule has 0 fully saturated rings. The molecule has 170 valence electrons. The van der Waals surface area contributed by atoms with Crippen LogP contribution in [0.5, 0.6) is 0 Å². The predicted molar refractivity (Wildman–Crippen MR) is 133 cm³/mol. The average Bonchev–Trinajstić information content (AvgIpc) is 3.46. The molecule has 5 rings (SSSR count). The molecule has 0 spiro atoms. The fraction of sp³-hybridized carbons (Fsp3) is 0.148. The van der Waals surface area contributed by atoms with Gasteiger partial charge in [0.05, 0.1) is 24.8 Å². The first-order chi connectivity index (χ1) is 16.5. The van der Waals surface area contributed by atoms with Crippen molar-refractivity contribution in [3.63, 3.8) is 0 Å². The number of anilines is 1. The van der Waals surface area contributed by atoms with E-state index in [-0.39, 0.29) is 31.3 Å². The van der Waals surface area contributed by atoms with Crippen molar-refractivity contribution in [2.75, 3.05) is 5.32 Å². The van der Waals surface area contributed by atoms with Crippen LogP contribution in [-0.2, 0) is 33.8 Å². The third-order valence-electron chi connectivity index (χ3n) is 5.50. The van der Waals surface area contributed by atoms with Gasteiger partial charge in [0.15, 0.2) is 0 Å². The zero-order chi connectivity index (χ0) is 23.5. The standard InChI is InChI=1S/C27H22N2O4S/c1-17-6-9-20(10-7-17)28-24(30)13-25-29-21(16-34-25)15-33-26(31)12-19-14-32-23-11-8-18-4-2-3-5-22(18)27(19)23/h2-11,14,16H,12-13,15H2,1H3,(H,28,30). The van der Waals surface area contributed by atoms with Gasteiger partial charge in [-0.05, 0) is 35.9 Å². The number of furan rings is 1. The number of fused-ring (bicyclic) bond motifs is 3. The Bertz CT molecular complexity index is 1480. The van der Waals surface area contributed by atoms with Crippen LogP contribution in [-0.4, -0.2) is 16.9 Å². The lowest BCUT2D eigenvalue weighted by molar-refractivity contribution is -0.144. The molecule has 3 aromatic carbocycles. The average molecular weight is 471 g/mol. The van der Waals surface area contributed by atoms with Crippen molar-refractivity contribution in [3.8, 4) is 0 Å². The van der Waals surface area contributed by atoms with E-state index < -0.39 is 0 Å². The molecule has 0 aliphatic rings. The highest BCUT2D eigenvalue weighted by atomic mass is 32.1. The molecular weight excluding hydrogens is 448 g/mol. The second kappa shape index (κ2) is 9.49. The summed E-state index contributed by atoms with van der Waals surface area (Å²) in [6.45, 7) is 2.06. The van der Waals surface area contributed by atoms with Gasteiger partial charge in [-0.2, -0.15) is 0 Å². The Labute approximate surface area is 200 Å². The molecule has 0 aliphatic heterocycles. The van der Waals surface area contributed by atoms with Crippen LogP contribution in [0, 0.1) is 6.92 Å². The van der Waals surface area contributed by atoms with Gasteiger partial charge in [0.1, 0.15) is 17.2 Å². The molecule has 0 bridgehead atoms. The van der Waals surface area contributed by atoms with Crippen LogP contribution in [0.15, 0.2) is 76.7 Å². The molecule has 1 amide bonds. The summed E-state index contributed by atoms with van der Waals surface area (Å²) in [5.74, 6) is -0.497. The second-order valence-electron chi connectivity index (χ2n) is 8.08. The monoisotopic (exact) mass is 470 g/mol. The van der Waals surface area contributed by atoms with Gasteiger partial charge in [0.2, 0.25) is 5.91 Å². The van der Waals surface area contributed by atoms with Gasteiger partial charge in [0, 0.05) is 22.0 Å². The molecule has 2 aromatic heterocycles. The SMILES string of the molecule is Cc1ccc(NC(=O)Cc2nc(COC(=O)Cc3coc4ccc5ccccc5c34)cs2)cc1. The normalized spacial score (nSPS) is 11.1. The number of benzene rings is 3. The van der Waals surface area contributed by atoms with Crippen LogP contribution < -0.4 is 5.32 Å². The van der Waals surface area contributed by atoms with Crippen LogP contribution in [0.25, 0.3) is 21.7 Å². The Morgan fingerprint density at radius 3 is 2.71 bits per heavy atom. The lowest BCUT2D eigenvalue weighted by atomic mass is 10.0. The van der Waals surface area contributed by atoms with E-state index in [1.165, 1.54) is 11.3 Å². The Balaban J connectivity index is 1.18. The maximum atomic E-state index is 12.5. The summed E-state index contributed by atoms with van der Waals surface area (Å²) in [6, 6.07) is 19.5. The zero-order valence-electron chi connectivity index (χ0n) is 18.5. The lowest BCUT2D eigenvalue weighted by Crippen LogP contribution is -2.14. The number of carbonyl (C=O) groups excluding carboxylic acids is 2. The largest absolute Gasteiger partial charge is 0.464 e. The van der Waals surface area contributed by atoms with Crippen LogP contribution >= 0.6 is 11.3 Å². The van der Waals surface area contributed by atoms with Gasteiger partial charge in [-0.3, -0.25) is 9.59 Å². The van der Waals surface area contributed by atoms with Crippen LogP contribution in [0.2, 0.25) is 0 Å². The number of rotatable bonds is 7. The Kier molecular flexibility index (Phi) is 6.10. The molecule has 0 aliphatic carbocycles. The quantitative estimate of drug-likeness (QED) is 0.303. The minimum absolute atomic E-state index is 0.0610. The van der Waals surface area contributed by atoms with E-state index in [4.69, 9.17) is 9.15 Å². The molecule has 0 saturated heterocycles. The fourth-order valence-electron chi connectivity index (χ4n) is 3.84. The molecule has 34 heavy (non-hydrogen) atoms. The van der Waals surface area contributed by atoms with Crippen molar-refractivity contribution in [3.05, 3.63) is 94.1 Å². The van der Waals surface area contributed by atoms with E-state index in [1.54, 1.807) is 6.26 Å². The van der Waals surface area contributed by atoms with E-state index in [1.807, 2.05) is 73.0 Å². The molecule has 7 heteroatoms. The van der Waals surface area contributed by atoms with Crippen LogP contribution in [0.1, 0.15) is 21.8 Å². The van der Waals surface area contributed by atoms with Gasteiger partial charge in [0.25, 0.3) is 0 Å². The topological polar surface area (TPSA) is 81.4 Å². The third kappa shape index (κ3) is 4.84. The maximum absolute atomic E-state index is 12.5. The van der Waals surface area contributed by atoms with Gasteiger partial charge in [-0.25, -0.2) is 4.98 Å². The predicted octanol–water partition coefficient (Wildman–Crippen LogP) is 5.82. The number of nitrogens with zero attached hydrogens (tertiary/aromatic N) is 1. The molecule has 2 heterocycles. The van der Waals surface area contributed by atoms with Gasteiger partial charge in [-0.15, -0.1) is 11.3 Å². The molecule has 0 saturated carbocycles. The van der Waals surface area contributed by atoms with E-state index in [0.717, 1.165) is 38.6 Å². The molecule has 0 radical (unpaired) electrons. The molecule has 5 aromatic rings. The number of nitrogens with one attached hydrogen (secondary N) is 1. The summed E-state index contributed by atoms with van der Waals surface area (Å²) >= 11 is 1.37. The van der Waals surface area contributed by atoms with Crippen molar-refractivity contribution >= 4 is 50.6 Å². The minimum atomic E-state index is -0.359. The number of esters is 1. The number of aromatic nitrogens is 1. The van der Waals surface area contributed by atoms with E-state index in [9.17, 15) is 9.59 Å². The highest BCUT2D eigenvalue weighted by Gasteiger charge is 2.15. The summed E-state index contributed by atoms with van der Waals surface area (Å²) in [7, 11) is 0. The molecule has 0 atom stereocenters. The van der Waals surface area contributed by atoms with E-state index >= 15 is 0 Å². The number of thiazole rings is 1. The lowest BCUT2D eigenvalue weighted by Gasteiger charge is -2.04. The first-order valence-corrected chi connectivity index (χ1v) is 11.8. The Morgan fingerprint density at radius 2 is 1.85 bits per heavy atom. The number of aryl methyl sites for hydroxylation is 1. The van der Waals surface area contributed by atoms with E-state index in [2.05, 4.69) is 10.3 Å². The van der Waals surface area contributed by atoms with Crippen molar-refractivity contribution in [2.24, 2.45) is 0 Å². The number of ether oxygens (including phenoxy) is 1. The molecule has 6 nitrogen and oxygen atoms in total. The molecule has 1 N–H and O–H groups in total. The zero-order valence-corrected chi connectivity index (χ0v) is 19.4. The second-order valence-corrected chi connectivity index (χ2v) is 9.02. The van der Waals surface area contributed by atoms with Crippen molar-refractivity contribution in [1.29, 1.82) is 0 Å². The Hall–Kier alpha value is -3.97. The fourth-order valence-corrected chi connectivity index (χ4v) is 4.62. The number of amides is 1. The van der Waals surface area contributed by atoms with Crippen molar-refractivity contribution < 1.29 is 18.7 Å². The smallest absolute Gasteiger partial charge is 0.310 e. The Morgan fingerprint density at radius 1 is 1.03 bits per heavy atom. The number of hydrogen-bond acceptors (Lipinski definition) is 6. The summed E-state index contributed by atoms with van der Waals surface area (Å²) < 4.78 is 11.1. The number of hydrogen-bond donors (Lipinski definition) is 1. The van der Waals surface area contributed by atoms with E-state index in [0.29, 0.717) is 10.7 Å². The van der Waals surface area contributed by atoms with Gasteiger partial charge >= 0.3 is 5.97 Å². The van der Waals surface area contributed by atoms with Crippen LogP contribution in [0.4, 0.5) is 5.69 Å². The van der Waals surface area contributed by atoms with Crippen molar-refractivity contribution in [2.45, 2.75) is 26.4 Å². The first kappa shape index (κ1) is 21.9. The highest BCUT2D eigenvalue weighted by molar-refractivity contribution is 7.09. The molecular formula is C27H22N2O4S. The highest BCUT2D eigenvalue weighted by Crippen LogP contribution is 2.30. The van der Waals surface area contributed by atoms with Gasteiger partial charge < -0.3 is 14.5 Å². The summed E-state index contributed by atoms with van der Waals surface area (Å²) in [4.78, 5) is 29.2. The summed E-state index contributed by atoms with van der Waals surface area (Å²) in [5, 5.41) is 8.41. The minimum Gasteiger partial charge on any atom is -0.464 e. The maximum Gasteiger partial charge on any atom is 0.310 e. The molecule has 0 unspecified atom stereocenters. The first-order valence-electron chi connectivity index (χ1n) is 10.9. The third-order valence-corrected chi connectivity index (χ3v) is 6.40. The van der Waals surface area contributed by atoms with Gasteiger partial charge in [-0.1, -0.05) is 48.0 Å². The van der Waals surface area contributed by atoms with Crippen LogP contribution in [0.3, 0.4) is 0 Å². The summed E-state index contributed by atoms with van der Waals surface area (Å²) in [6.07, 6.45) is 1.89. The summed E-state index contributed by atoms with van der Waals surface area (Å²) in [5.41, 5.74) is 4.05. The van der Waals surface area contributed by atoms with Crippen molar-refractivity contribution in [1.82, 2.24) is 4.98 Å². The number of carbonyl (C=O) groups is 2.